The second-order valence-electron chi connectivity index (χ2n) is 6.15. The Morgan fingerprint density at radius 3 is 2.52 bits per heavy atom. The Morgan fingerprint density at radius 1 is 0.840 bits per heavy atom. The van der Waals surface area contributed by atoms with Crippen LogP contribution < -0.4 is 4.74 Å². The van der Waals surface area contributed by atoms with Crippen LogP contribution in [-0.4, -0.2) is 9.97 Å². The SMILES string of the molecule is c1ccc(COc2ccc3c(CCc4ccncc4)c[nH]c3c2)cc1. The highest BCUT2D eigenvalue weighted by atomic mass is 16.5. The molecule has 2 aromatic carbocycles. The number of H-pyrrole nitrogens is 1. The minimum atomic E-state index is 0.585. The second kappa shape index (κ2) is 7.22. The second-order valence-corrected chi connectivity index (χ2v) is 6.15. The minimum Gasteiger partial charge on any atom is -0.489 e. The van der Waals surface area contributed by atoms with E-state index in [0.717, 1.165) is 24.1 Å². The minimum absolute atomic E-state index is 0.585. The van der Waals surface area contributed by atoms with Gasteiger partial charge >= 0.3 is 0 Å². The summed E-state index contributed by atoms with van der Waals surface area (Å²) in [6.07, 6.45) is 7.82. The standard InChI is InChI=1S/C22H20N2O/c1-2-4-18(5-3-1)16-25-20-8-9-21-19(15-24-22(21)14-20)7-6-17-10-12-23-13-11-17/h1-5,8-15,24H,6-7,16H2. The lowest BCUT2D eigenvalue weighted by molar-refractivity contribution is 0.306. The van der Waals surface area contributed by atoms with Crippen molar-refractivity contribution in [2.75, 3.05) is 0 Å². The fourth-order valence-electron chi connectivity index (χ4n) is 3.03. The van der Waals surface area contributed by atoms with Crippen molar-refractivity contribution in [3.63, 3.8) is 0 Å². The van der Waals surface area contributed by atoms with Crippen molar-refractivity contribution in [1.29, 1.82) is 0 Å². The highest BCUT2D eigenvalue weighted by Gasteiger charge is 2.06. The van der Waals surface area contributed by atoms with Crippen LogP contribution >= 0.6 is 0 Å². The Labute approximate surface area is 147 Å². The van der Waals surface area contributed by atoms with E-state index in [2.05, 4.69) is 58.6 Å². The molecule has 0 bridgehead atoms. The van der Waals surface area contributed by atoms with Gasteiger partial charge in [0.05, 0.1) is 0 Å². The third kappa shape index (κ3) is 3.72. The molecule has 0 saturated carbocycles. The normalized spacial score (nSPS) is 10.9. The number of benzene rings is 2. The van der Waals surface area contributed by atoms with E-state index in [1.165, 1.54) is 22.1 Å². The number of nitrogens with zero attached hydrogens (tertiary/aromatic N) is 1. The summed E-state index contributed by atoms with van der Waals surface area (Å²) in [4.78, 5) is 7.44. The van der Waals surface area contributed by atoms with Gasteiger partial charge in [-0.1, -0.05) is 30.3 Å². The molecule has 2 aromatic heterocycles. The van der Waals surface area contributed by atoms with Crippen molar-refractivity contribution in [3.05, 3.63) is 95.9 Å². The average molecular weight is 328 g/mol. The number of hydrogen-bond donors (Lipinski definition) is 1. The Kier molecular flexibility index (Phi) is 4.46. The fraction of sp³-hybridized carbons (Fsp3) is 0.136. The van der Waals surface area contributed by atoms with Crippen molar-refractivity contribution in [1.82, 2.24) is 9.97 Å². The molecule has 124 valence electrons. The molecule has 0 amide bonds. The predicted molar refractivity (Wildman–Crippen MR) is 101 cm³/mol. The number of aromatic amines is 1. The number of pyridine rings is 1. The molecule has 3 heteroatoms. The first-order valence-corrected chi connectivity index (χ1v) is 8.54. The molecule has 3 nitrogen and oxygen atoms in total. The Hall–Kier alpha value is -3.07. The van der Waals surface area contributed by atoms with Crippen molar-refractivity contribution in [2.45, 2.75) is 19.4 Å². The third-order valence-electron chi connectivity index (χ3n) is 4.42. The first-order valence-electron chi connectivity index (χ1n) is 8.54. The van der Waals surface area contributed by atoms with Gasteiger partial charge in [-0.15, -0.1) is 0 Å². The monoisotopic (exact) mass is 328 g/mol. The Balaban J connectivity index is 1.45. The summed E-state index contributed by atoms with van der Waals surface area (Å²) in [5.74, 6) is 0.888. The quantitative estimate of drug-likeness (QED) is 0.545. The summed E-state index contributed by atoms with van der Waals surface area (Å²) < 4.78 is 5.91. The fourth-order valence-corrected chi connectivity index (χ4v) is 3.03. The number of ether oxygens (including phenoxy) is 1. The zero-order valence-corrected chi connectivity index (χ0v) is 14.0. The van der Waals surface area contributed by atoms with Crippen LogP contribution in [0, 0.1) is 0 Å². The van der Waals surface area contributed by atoms with Gasteiger partial charge in [-0.25, -0.2) is 0 Å². The van der Waals surface area contributed by atoms with Crippen molar-refractivity contribution < 1.29 is 4.74 Å². The van der Waals surface area contributed by atoms with Crippen LogP contribution in [0.25, 0.3) is 10.9 Å². The van der Waals surface area contributed by atoms with Gasteiger partial charge in [0, 0.05) is 35.6 Å². The van der Waals surface area contributed by atoms with Crippen molar-refractivity contribution in [3.8, 4) is 5.75 Å². The molecular weight excluding hydrogens is 308 g/mol. The molecule has 0 unspecified atom stereocenters. The van der Waals surface area contributed by atoms with Gasteiger partial charge in [0.2, 0.25) is 0 Å². The largest absolute Gasteiger partial charge is 0.489 e. The summed E-state index contributed by atoms with van der Waals surface area (Å²) in [6, 6.07) is 20.6. The number of aryl methyl sites for hydroxylation is 2. The Morgan fingerprint density at radius 2 is 1.68 bits per heavy atom. The molecule has 2 heterocycles. The molecule has 0 aliphatic rings. The molecular formula is C22H20N2O. The third-order valence-corrected chi connectivity index (χ3v) is 4.42. The van der Waals surface area contributed by atoms with Gasteiger partial charge in [-0.2, -0.15) is 0 Å². The molecule has 0 fully saturated rings. The molecule has 0 atom stereocenters. The van der Waals surface area contributed by atoms with Crippen molar-refractivity contribution >= 4 is 10.9 Å². The van der Waals surface area contributed by atoms with Crippen LogP contribution in [0.15, 0.2) is 79.3 Å². The van der Waals surface area contributed by atoms with Crippen LogP contribution in [-0.2, 0) is 19.4 Å². The molecule has 4 aromatic rings. The van der Waals surface area contributed by atoms with Gasteiger partial charge in [-0.05, 0) is 53.8 Å². The van der Waals surface area contributed by atoms with Gasteiger partial charge in [-0.3, -0.25) is 4.98 Å². The van der Waals surface area contributed by atoms with Crippen LogP contribution in [0.5, 0.6) is 5.75 Å². The van der Waals surface area contributed by atoms with E-state index in [1.807, 2.05) is 30.6 Å². The van der Waals surface area contributed by atoms with Gasteiger partial charge in [0.15, 0.2) is 0 Å². The molecule has 0 aliphatic carbocycles. The van der Waals surface area contributed by atoms with Crippen LogP contribution in [0.1, 0.15) is 16.7 Å². The molecule has 25 heavy (non-hydrogen) atoms. The maximum atomic E-state index is 5.91. The highest BCUT2D eigenvalue weighted by Crippen LogP contribution is 2.25. The highest BCUT2D eigenvalue weighted by molar-refractivity contribution is 5.84. The topological polar surface area (TPSA) is 37.9 Å². The number of aromatic nitrogens is 2. The van der Waals surface area contributed by atoms with E-state index in [4.69, 9.17) is 4.74 Å². The van der Waals surface area contributed by atoms with Crippen molar-refractivity contribution in [2.24, 2.45) is 0 Å². The first-order chi connectivity index (χ1) is 12.4. The first kappa shape index (κ1) is 15.5. The summed E-state index contributed by atoms with van der Waals surface area (Å²) in [7, 11) is 0. The average Bonchev–Trinajstić information content (AvgIpc) is 3.09. The summed E-state index contributed by atoms with van der Waals surface area (Å²) in [5, 5.41) is 1.26. The molecule has 0 saturated heterocycles. The van der Waals surface area contributed by atoms with E-state index < -0.39 is 0 Å². The van der Waals surface area contributed by atoms with E-state index in [-0.39, 0.29) is 0 Å². The number of rotatable bonds is 6. The zero-order valence-electron chi connectivity index (χ0n) is 14.0. The Bertz CT molecular complexity index is 946. The smallest absolute Gasteiger partial charge is 0.121 e. The summed E-state index contributed by atoms with van der Waals surface area (Å²) in [5.41, 5.74) is 4.94. The van der Waals surface area contributed by atoms with Gasteiger partial charge < -0.3 is 9.72 Å². The number of nitrogens with one attached hydrogen (secondary N) is 1. The van der Waals surface area contributed by atoms with E-state index in [1.54, 1.807) is 0 Å². The zero-order chi connectivity index (χ0) is 16.9. The van der Waals surface area contributed by atoms with Crippen LogP contribution in [0.2, 0.25) is 0 Å². The lowest BCUT2D eigenvalue weighted by Gasteiger charge is -2.07. The summed E-state index contributed by atoms with van der Waals surface area (Å²) in [6.45, 7) is 0.585. The maximum absolute atomic E-state index is 5.91. The maximum Gasteiger partial charge on any atom is 0.121 e. The lowest BCUT2D eigenvalue weighted by atomic mass is 10.0. The molecule has 1 N–H and O–H groups in total. The van der Waals surface area contributed by atoms with E-state index in [9.17, 15) is 0 Å². The molecule has 4 rings (SSSR count). The van der Waals surface area contributed by atoms with E-state index >= 15 is 0 Å². The van der Waals surface area contributed by atoms with Gasteiger partial charge in [0.25, 0.3) is 0 Å². The van der Waals surface area contributed by atoms with Gasteiger partial charge in [0.1, 0.15) is 12.4 Å². The summed E-state index contributed by atoms with van der Waals surface area (Å²) >= 11 is 0. The van der Waals surface area contributed by atoms with Crippen LogP contribution in [0.3, 0.4) is 0 Å². The van der Waals surface area contributed by atoms with Crippen LogP contribution in [0.4, 0.5) is 0 Å². The molecule has 0 spiro atoms. The number of hydrogen-bond acceptors (Lipinski definition) is 2. The predicted octanol–water partition coefficient (Wildman–Crippen LogP) is 4.93. The van der Waals surface area contributed by atoms with E-state index in [0.29, 0.717) is 6.61 Å². The molecule has 0 aliphatic heterocycles. The lowest BCUT2D eigenvalue weighted by Crippen LogP contribution is -1.94. The molecule has 0 radical (unpaired) electrons. The number of fused-ring (bicyclic) bond motifs is 1.